The summed E-state index contributed by atoms with van der Waals surface area (Å²) < 4.78 is 27.6. The Morgan fingerprint density at radius 3 is 2.35 bits per heavy atom. The van der Waals surface area contributed by atoms with Crippen LogP contribution >= 0.6 is 11.8 Å². The zero-order chi connectivity index (χ0) is 24.9. The van der Waals surface area contributed by atoms with Crippen molar-refractivity contribution in [1.29, 1.82) is 0 Å². The molecular weight excluding hydrogens is 468 g/mol. The number of hydrogen-bond acceptors (Lipinski definition) is 6. The van der Waals surface area contributed by atoms with Crippen LogP contribution in [0.3, 0.4) is 0 Å². The van der Waals surface area contributed by atoms with Gasteiger partial charge >= 0.3 is 0 Å². The van der Waals surface area contributed by atoms with E-state index >= 15 is 0 Å². The Morgan fingerprint density at radius 1 is 1.06 bits per heavy atom. The number of rotatable bonds is 10. The summed E-state index contributed by atoms with van der Waals surface area (Å²) in [6.07, 6.45) is 0.591. The fraction of sp³-hybridized carbons (Fsp3) is 0.400. The Balaban J connectivity index is 1.78. The zero-order valence-corrected chi connectivity index (χ0v) is 21.9. The van der Waals surface area contributed by atoms with Gasteiger partial charge in [0.05, 0.1) is 10.1 Å². The van der Waals surface area contributed by atoms with Crippen LogP contribution in [0.5, 0.6) is 0 Å². The molecule has 1 heterocycles. The Hall–Kier alpha value is -2.65. The average molecular weight is 501 g/mol. The predicted molar refractivity (Wildman–Crippen MR) is 137 cm³/mol. The van der Waals surface area contributed by atoms with E-state index in [1.807, 2.05) is 45.0 Å². The fourth-order valence-corrected chi connectivity index (χ4v) is 5.91. The van der Waals surface area contributed by atoms with Gasteiger partial charge in [-0.2, -0.15) is 0 Å². The summed E-state index contributed by atoms with van der Waals surface area (Å²) in [5.41, 5.74) is 2.88. The molecule has 1 atom stereocenters. The minimum Gasteiger partial charge on any atom is -0.325 e. The highest BCUT2D eigenvalue weighted by atomic mass is 32.2. The van der Waals surface area contributed by atoms with Gasteiger partial charge in [-0.05, 0) is 49.9 Å². The number of hydrogen-bond donors (Lipinski definition) is 1. The normalized spacial score (nSPS) is 12.6. The molecule has 182 valence electrons. The topological polar surface area (TPSA) is 93.9 Å². The number of sulfone groups is 1. The van der Waals surface area contributed by atoms with Crippen molar-refractivity contribution in [2.45, 2.75) is 74.6 Å². The molecule has 0 aliphatic heterocycles. The number of anilines is 1. The first-order valence-electron chi connectivity index (χ1n) is 11.4. The number of aryl methyl sites for hydroxylation is 1. The quantitative estimate of drug-likeness (QED) is 0.384. The van der Waals surface area contributed by atoms with Crippen molar-refractivity contribution in [2.75, 3.05) is 5.32 Å². The van der Waals surface area contributed by atoms with Crippen LogP contribution in [0.2, 0.25) is 0 Å². The summed E-state index contributed by atoms with van der Waals surface area (Å²) in [6.45, 7) is 10.5. The van der Waals surface area contributed by atoms with Crippen LogP contribution in [0.25, 0.3) is 0 Å². The molecule has 2 aromatic carbocycles. The standard InChI is InChI=1S/C25H32N4O3S2/c1-6-22(24(30)26-21-11-9-8-10-20(21)17(3)4)33-25-28-27-23(29(25)7-2)16-34(31,32)19-14-12-18(5)13-15-19/h8-15,17,22H,6-7,16H2,1-5H3,(H,26,30). The number of benzene rings is 2. The van der Waals surface area contributed by atoms with E-state index in [9.17, 15) is 13.2 Å². The van der Waals surface area contributed by atoms with E-state index in [4.69, 9.17) is 0 Å². The number of carbonyl (C=O) groups is 1. The molecule has 1 unspecified atom stereocenters. The van der Waals surface area contributed by atoms with Gasteiger partial charge in [0.1, 0.15) is 11.6 Å². The maximum atomic E-state index is 13.1. The van der Waals surface area contributed by atoms with Crippen molar-refractivity contribution in [3.05, 3.63) is 65.5 Å². The average Bonchev–Trinajstić information content (AvgIpc) is 3.18. The zero-order valence-electron chi connectivity index (χ0n) is 20.3. The van der Waals surface area contributed by atoms with Gasteiger partial charge < -0.3 is 9.88 Å². The van der Waals surface area contributed by atoms with Gasteiger partial charge in [0.2, 0.25) is 5.91 Å². The number of nitrogens with zero attached hydrogens (tertiary/aromatic N) is 3. The molecule has 3 aromatic rings. The van der Waals surface area contributed by atoms with Crippen molar-refractivity contribution in [3.63, 3.8) is 0 Å². The van der Waals surface area contributed by atoms with Gasteiger partial charge in [0.25, 0.3) is 0 Å². The van der Waals surface area contributed by atoms with Gasteiger partial charge in [-0.15, -0.1) is 10.2 Å². The monoisotopic (exact) mass is 500 g/mol. The molecule has 0 fully saturated rings. The third-order valence-electron chi connectivity index (χ3n) is 5.56. The number of thioether (sulfide) groups is 1. The predicted octanol–water partition coefficient (Wildman–Crippen LogP) is 5.21. The highest BCUT2D eigenvalue weighted by molar-refractivity contribution is 8.00. The third-order valence-corrected chi connectivity index (χ3v) is 8.53. The highest BCUT2D eigenvalue weighted by Crippen LogP contribution is 2.29. The maximum absolute atomic E-state index is 13.1. The third kappa shape index (κ3) is 6.07. The van der Waals surface area contributed by atoms with Crippen molar-refractivity contribution >= 4 is 33.2 Å². The second kappa shape index (κ2) is 11.2. The first-order valence-corrected chi connectivity index (χ1v) is 14.0. The van der Waals surface area contributed by atoms with Crippen LogP contribution in [0.1, 0.15) is 57.0 Å². The summed E-state index contributed by atoms with van der Waals surface area (Å²) in [4.78, 5) is 13.3. The number of nitrogens with one attached hydrogen (secondary N) is 1. The van der Waals surface area contributed by atoms with Crippen LogP contribution < -0.4 is 5.32 Å². The minimum atomic E-state index is -3.57. The molecule has 1 aromatic heterocycles. The molecule has 34 heavy (non-hydrogen) atoms. The van der Waals surface area contributed by atoms with Crippen molar-refractivity contribution in [2.24, 2.45) is 0 Å². The molecule has 3 rings (SSSR count). The molecule has 0 aliphatic rings. The summed E-state index contributed by atoms with van der Waals surface area (Å²) in [5, 5.41) is 11.6. The number of aromatic nitrogens is 3. The van der Waals surface area contributed by atoms with Crippen molar-refractivity contribution in [1.82, 2.24) is 14.8 Å². The van der Waals surface area contributed by atoms with E-state index in [-0.39, 0.29) is 22.5 Å². The molecule has 1 amide bonds. The van der Waals surface area contributed by atoms with E-state index in [0.29, 0.717) is 23.9 Å². The van der Waals surface area contributed by atoms with Crippen LogP contribution in [-0.2, 0) is 26.9 Å². The van der Waals surface area contributed by atoms with Crippen molar-refractivity contribution in [3.8, 4) is 0 Å². The first kappa shape index (κ1) is 26.0. The summed E-state index contributed by atoms with van der Waals surface area (Å²) in [7, 11) is -3.57. The molecule has 0 saturated heterocycles. The fourth-order valence-electron chi connectivity index (χ4n) is 3.61. The minimum absolute atomic E-state index is 0.111. The summed E-state index contributed by atoms with van der Waals surface area (Å²) in [5.74, 6) is 0.291. The summed E-state index contributed by atoms with van der Waals surface area (Å²) in [6, 6.07) is 14.6. The lowest BCUT2D eigenvalue weighted by molar-refractivity contribution is -0.115. The molecular formula is C25H32N4O3S2. The molecule has 0 bridgehead atoms. The second-order valence-electron chi connectivity index (χ2n) is 8.46. The van der Waals surface area contributed by atoms with Gasteiger partial charge in [-0.3, -0.25) is 4.79 Å². The van der Waals surface area contributed by atoms with Gasteiger partial charge in [-0.25, -0.2) is 8.42 Å². The first-order chi connectivity index (χ1) is 16.2. The lowest BCUT2D eigenvalue weighted by Crippen LogP contribution is -2.25. The van der Waals surface area contributed by atoms with Gasteiger partial charge in [-0.1, -0.05) is 68.4 Å². The van der Waals surface area contributed by atoms with Crippen LogP contribution in [0.15, 0.2) is 58.6 Å². The Kier molecular flexibility index (Phi) is 8.54. The molecule has 0 saturated carbocycles. The molecule has 0 aliphatic carbocycles. The maximum Gasteiger partial charge on any atom is 0.237 e. The Morgan fingerprint density at radius 2 is 1.74 bits per heavy atom. The van der Waals surface area contributed by atoms with E-state index in [1.165, 1.54) is 11.8 Å². The molecule has 1 N–H and O–H groups in total. The van der Waals surface area contributed by atoms with Gasteiger partial charge in [0.15, 0.2) is 15.0 Å². The Labute approximate surface area is 206 Å². The van der Waals surface area contributed by atoms with Gasteiger partial charge in [0, 0.05) is 12.2 Å². The molecule has 0 spiro atoms. The largest absolute Gasteiger partial charge is 0.325 e. The van der Waals surface area contributed by atoms with Crippen molar-refractivity contribution < 1.29 is 13.2 Å². The SMILES string of the molecule is CCC(Sc1nnc(CS(=O)(=O)c2ccc(C)cc2)n1CC)C(=O)Nc1ccccc1C(C)C. The van der Waals surface area contributed by atoms with E-state index < -0.39 is 15.1 Å². The molecule has 0 radical (unpaired) electrons. The molecule has 9 heteroatoms. The number of amides is 1. The van der Waals surface area contributed by atoms with E-state index in [2.05, 4.69) is 29.4 Å². The van der Waals surface area contributed by atoms with Crippen LogP contribution in [0.4, 0.5) is 5.69 Å². The van der Waals surface area contributed by atoms with E-state index in [0.717, 1.165) is 16.8 Å². The lowest BCUT2D eigenvalue weighted by atomic mass is 10.0. The summed E-state index contributed by atoms with van der Waals surface area (Å²) >= 11 is 1.31. The smallest absolute Gasteiger partial charge is 0.237 e. The lowest BCUT2D eigenvalue weighted by Gasteiger charge is -2.18. The molecule has 7 nitrogen and oxygen atoms in total. The highest BCUT2D eigenvalue weighted by Gasteiger charge is 2.25. The Bertz CT molecular complexity index is 1240. The van der Waals surface area contributed by atoms with Crippen LogP contribution in [-0.4, -0.2) is 34.3 Å². The number of para-hydroxylation sites is 1. The second-order valence-corrected chi connectivity index (χ2v) is 11.6. The van der Waals surface area contributed by atoms with Crippen LogP contribution in [0, 0.1) is 6.92 Å². The van der Waals surface area contributed by atoms with E-state index in [1.54, 1.807) is 28.8 Å². The number of carbonyl (C=O) groups excluding carboxylic acids is 1.